The highest BCUT2D eigenvalue weighted by Crippen LogP contribution is 2.13. The van der Waals surface area contributed by atoms with Crippen LogP contribution in [0, 0.1) is 5.92 Å². The maximum Gasteiger partial charge on any atom is 0.118 e. The van der Waals surface area contributed by atoms with E-state index in [1.807, 2.05) is 24.3 Å². The van der Waals surface area contributed by atoms with Gasteiger partial charge < -0.3 is 14.6 Å². The third kappa shape index (κ3) is 5.20. The van der Waals surface area contributed by atoms with Crippen LogP contribution in [-0.4, -0.2) is 25.4 Å². The van der Waals surface area contributed by atoms with E-state index >= 15 is 0 Å². The van der Waals surface area contributed by atoms with Crippen LogP contribution in [0.5, 0.6) is 5.75 Å². The van der Waals surface area contributed by atoms with Gasteiger partial charge in [-0.05, 0) is 24.1 Å². The molecule has 96 valence electrons. The molecule has 0 heterocycles. The molecule has 0 amide bonds. The van der Waals surface area contributed by atoms with Crippen LogP contribution in [-0.2, 0) is 11.3 Å². The van der Waals surface area contributed by atoms with Crippen molar-refractivity contribution in [3.8, 4) is 5.75 Å². The highest BCUT2D eigenvalue weighted by molar-refractivity contribution is 5.26. The lowest BCUT2D eigenvalue weighted by Gasteiger charge is -2.13. The van der Waals surface area contributed by atoms with Crippen molar-refractivity contribution in [1.82, 2.24) is 0 Å². The van der Waals surface area contributed by atoms with E-state index < -0.39 is 0 Å². The van der Waals surface area contributed by atoms with Gasteiger partial charge in [0.05, 0.1) is 20.3 Å². The number of aliphatic hydroxyl groups excluding tert-OH is 1. The number of hydrogen-bond acceptors (Lipinski definition) is 3. The summed E-state index contributed by atoms with van der Waals surface area (Å²) in [6.45, 7) is 3.53. The number of hydrogen-bond donors (Lipinski definition) is 1. The summed E-state index contributed by atoms with van der Waals surface area (Å²) in [5, 5.41) is 9.13. The Labute approximate surface area is 103 Å². The van der Waals surface area contributed by atoms with Gasteiger partial charge in [-0.3, -0.25) is 0 Å². The average molecular weight is 238 g/mol. The minimum Gasteiger partial charge on any atom is -0.497 e. The monoisotopic (exact) mass is 238 g/mol. The molecule has 3 heteroatoms. The van der Waals surface area contributed by atoms with E-state index in [-0.39, 0.29) is 12.5 Å². The SMILES string of the molecule is CCC[C@H](CO)COCc1ccc(OC)cc1. The first-order chi connectivity index (χ1) is 8.30. The normalized spacial score (nSPS) is 12.4. The summed E-state index contributed by atoms with van der Waals surface area (Å²) in [5.41, 5.74) is 1.12. The molecular weight excluding hydrogens is 216 g/mol. The molecule has 3 nitrogen and oxygen atoms in total. The second-order valence-corrected chi connectivity index (χ2v) is 4.20. The summed E-state index contributed by atoms with van der Waals surface area (Å²) >= 11 is 0. The summed E-state index contributed by atoms with van der Waals surface area (Å²) < 4.78 is 10.7. The van der Waals surface area contributed by atoms with E-state index in [1.54, 1.807) is 7.11 Å². The molecule has 1 aromatic rings. The van der Waals surface area contributed by atoms with Gasteiger partial charge in [0.1, 0.15) is 5.75 Å². The van der Waals surface area contributed by atoms with Crippen molar-refractivity contribution < 1.29 is 14.6 Å². The Balaban J connectivity index is 2.29. The van der Waals surface area contributed by atoms with Gasteiger partial charge in [-0.2, -0.15) is 0 Å². The molecule has 0 aliphatic carbocycles. The topological polar surface area (TPSA) is 38.7 Å². The maximum atomic E-state index is 9.13. The second-order valence-electron chi connectivity index (χ2n) is 4.20. The summed E-state index contributed by atoms with van der Waals surface area (Å²) in [6, 6.07) is 7.84. The summed E-state index contributed by atoms with van der Waals surface area (Å²) in [6.07, 6.45) is 2.09. The number of methoxy groups -OCH3 is 1. The molecule has 0 radical (unpaired) electrons. The molecule has 17 heavy (non-hydrogen) atoms. The van der Waals surface area contributed by atoms with Crippen LogP contribution in [0.25, 0.3) is 0 Å². The van der Waals surface area contributed by atoms with E-state index in [0.29, 0.717) is 13.2 Å². The molecule has 0 fully saturated rings. The van der Waals surface area contributed by atoms with Crippen molar-refractivity contribution in [2.45, 2.75) is 26.4 Å². The second kappa shape index (κ2) is 8.09. The molecule has 1 N–H and O–H groups in total. The summed E-state index contributed by atoms with van der Waals surface area (Å²) in [4.78, 5) is 0. The first kappa shape index (κ1) is 14.0. The Bertz CT molecular complexity index is 295. The lowest BCUT2D eigenvalue weighted by molar-refractivity contribution is 0.0593. The van der Waals surface area contributed by atoms with Crippen LogP contribution < -0.4 is 4.74 Å². The minimum absolute atomic E-state index is 0.205. The van der Waals surface area contributed by atoms with E-state index in [1.165, 1.54) is 0 Å². The fourth-order valence-corrected chi connectivity index (χ4v) is 1.70. The molecule has 0 saturated heterocycles. The van der Waals surface area contributed by atoms with Gasteiger partial charge in [0.2, 0.25) is 0 Å². The Morgan fingerprint density at radius 3 is 2.47 bits per heavy atom. The molecule has 0 aromatic heterocycles. The van der Waals surface area contributed by atoms with Gasteiger partial charge in [-0.1, -0.05) is 25.5 Å². The van der Waals surface area contributed by atoms with Crippen LogP contribution in [0.15, 0.2) is 24.3 Å². The molecule has 0 aliphatic heterocycles. The van der Waals surface area contributed by atoms with E-state index in [4.69, 9.17) is 14.6 Å². The maximum absolute atomic E-state index is 9.13. The van der Waals surface area contributed by atoms with E-state index in [2.05, 4.69) is 6.92 Å². The Morgan fingerprint density at radius 2 is 1.94 bits per heavy atom. The third-order valence-corrected chi connectivity index (χ3v) is 2.74. The highest BCUT2D eigenvalue weighted by Gasteiger charge is 2.06. The van der Waals surface area contributed by atoms with Gasteiger partial charge in [0.15, 0.2) is 0 Å². The van der Waals surface area contributed by atoms with Crippen molar-refractivity contribution >= 4 is 0 Å². The lowest BCUT2D eigenvalue weighted by atomic mass is 10.1. The number of benzene rings is 1. The van der Waals surface area contributed by atoms with Crippen molar-refractivity contribution in [1.29, 1.82) is 0 Å². The van der Waals surface area contributed by atoms with Gasteiger partial charge in [-0.25, -0.2) is 0 Å². The van der Waals surface area contributed by atoms with Crippen LogP contribution in [0.1, 0.15) is 25.3 Å². The van der Waals surface area contributed by atoms with Gasteiger partial charge >= 0.3 is 0 Å². The Kier molecular flexibility index (Phi) is 6.67. The first-order valence-electron chi connectivity index (χ1n) is 6.11. The van der Waals surface area contributed by atoms with Crippen LogP contribution in [0.4, 0.5) is 0 Å². The molecule has 1 aromatic carbocycles. The molecule has 0 spiro atoms. The predicted octanol–water partition coefficient (Wildman–Crippen LogP) is 2.62. The predicted molar refractivity (Wildman–Crippen MR) is 68.1 cm³/mol. The number of rotatable bonds is 8. The zero-order valence-corrected chi connectivity index (χ0v) is 10.7. The van der Waals surface area contributed by atoms with Crippen molar-refractivity contribution in [3.05, 3.63) is 29.8 Å². The quantitative estimate of drug-likeness (QED) is 0.756. The fourth-order valence-electron chi connectivity index (χ4n) is 1.70. The van der Waals surface area contributed by atoms with Crippen molar-refractivity contribution in [3.63, 3.8) is 0 Å². The minimum atomic E-state index is 0.205. The molecule has 1 rings (SSSR count). The van der Waals surface area contributed by atoms with E-state index in [0.717, 1.165) is 24.2 Å². The zero-order chi connectivity index (χ0) is 12.5. The molecule has 0 aliphatic rings. The van der Waals surface area contributed by atoms with Crippen LogP contribution in [0.2, 0.25) is 0 Å². The van der Waals surface area contributed by atoms with Crippen LogP contribution >= 0.6 is 0 Å². The van der Waals surface area contributed by atoms with Gasteiger partial charge in [0, 0.05) is 12.5 Å². The number of aliphatic hydroxyl groups is 1. The highest BCUT2D eigenvalue weighted by atomic mass is 16.5. The molecule has 0 bridgehead atoms. The first-order valence-corrected chi connectivity index (χ1v) is 6.11. The smallest absolute Gasteiger partial charge is 0.118 e. The standard InChI is InChI=1S/C14H22O3/c1-3-4-13(9-15)11-17-10-12-5-7-14(16-2)8-6-12/h5-8,13,15H,3-4,9-11H2,1-2H3/t13-/m1/s1. The summed E-state index contributed by atoms with van der Waals surface area (Å²) in [7, 11) is 1.65. The van der Waals surface area contributed by atoms with E-state index in [9.17, 15) is 0 Å². The van der Waals surface area contributed by atoms with Crippen LogP contribution in [0.3, 0.4) is 0 Å². The Morgan fingerprint density at radius 1 is 1.24 bits per heavy atom. The lowest BCUT2D eigenvalue weighted by Crippen LogP contribution is -2.13. The number of ether oxygens (including phenoxy) is 2. The summed E-state index contributed by atoms with van der Waals surface area (Å²) in [5.74, 6) is 1.12. The van der Waals surface area contributed by atoms with Gasteiger partial charge in [0.25, 0.3) is 0 Å². The largest absolute Gasteiger partial charge is 0.497 e. The molecule has 0 saturated carbocycles. The average Bonchev–Trinajstić information content (AvgIpc) is 2.38. The molecule has 1 atom stereocenters. The Hall–Kier alpha value is -1.06. The third-order valence-electron chi connectivity index (χ3n) is 2.74. The fraction of sp³-hybridized carbons (Fsp3) is 0.571. The van der Waals surface area contributed by atoms with Crippen molar-refractivity contribution in [2.75, 3.05) is 20.3 Å². The van der Waals surface area contributed by atoms with Crippen molar-refractivity contribution in [2.24, 2.45) is 5.92 Å². The molecule has 0 unspecified atom stereocenters. The molecular formula is C14H22O3. The zero-order valence-electron chi connectivity index (χ0n) is 10.7. The van der Waals surface area contributed by atoms with Gasteiger partial charge in [-0.15, -0.1) is 0 Å².